The molecular weight excluding hydrogens is 264 g/mol. The van der Waals surface area contributed by atoms with Gasteiger partial charge in [0.05, 0.1) is 13.2 Å². The first kappa shape index (κ1) is 13.9. The summed E-state index contributed by atoms with van der Waals surface area (Å²) in [5.74, 6) is 1.83. The average molecular weight is 282 g/mol. The van der Waals surface area contributed by atoms with E-state index in [9.17, 15) is 0 Å². The number of amidine groups is 1. The Balaban J connectivity index is 2.03. The molecule has 1 unspecified atom stereocenters. The Labute approximate surface area is 116 Å². The molecule has 1 aromatic carbocycles. The number of hydrogen-bond donors (Lipinski definition) is 2. The molecule has 0 aromatic heterocycles. The van der Waals surface area contributed by atoms with E-state index >= 15 is 0 Å². The Kier molecular flexibility index (Phi) is 4.79. The number of oxime groups is 1. The molecule has 1 aliphatic rings. The zero-order valence-corrected chi connectivity index (χ0v) is 11.7. The number of fused-ring (bicyclic) bond motifs is 1. The van der Waals surface area contributed by atoms with Gasteiger partial charge in [-0.15, -0.1) is 11.8 Å². The number of nitrogens with two attached hydrogens (primary N) is 1. The van der Waals surface area contributed by atoms with E-state index in [0.717, 1.165) is 22.8 Å². The lowest BCUT2D eigenvalue weighted by atomic mass is 10.3. The lowest BCUT2D eigenvalue weighted by molar-refractivity contribution is 0.297. The molecule has 6 heteroatoms. The number of rotatable bonds is 4. The second-order valence-electron chi connectivity index (χ2n) is 4.38. The molecule has 19 heavy (non-hydrogen) atoms. The Hall–Kier alpha value is -1.56. The van der Waals surface area contributed by atoms with Crippen LogP contribution in [0, 0.1) is 0 Å². The van der Waals surface area contributed by atoms with Gasteiger partial charge in [-0.05, 0) is 18.2 Å². The molecule has 0 saturated heterocycles. The largest absolute Gasteiger partial charge is 0.490 e. The first-order chi connectivity index (χ1) is 9.19. The molecule has 0 radical (unpaired) electrons. The van der Waals surface area contributed by atoms with Gasteiger partial charge in [-0.2, -0.15) is 0 Å². The van der Waals surface area contributed by atoms with Crippen molar-refractivity contribution in [3.05, 3.63) is 18.2 Å². The summed E-state index contributed by atoms with van der Waals surface area (Å²) >= 11 is 1.66. The maximum atomic E-state index is 8.56. The van der Waals surface area contributed by atoms with Crippen molar-refractivity contribution >= 4 is 17.6 Å². The minimum atomic E-state index is 0.223. The maximum absolute atomic E-state index is 8.56. The predicted molar refractivity (Wildman–Crippen MR) is 75.4 cm³/mol. The molecule has 1 atom stereocenters. The zero-order chi connectivity index (χ0) is 13.7. The van der Waals surface area contributed by atoms with Crippen LogP contribution in [-0.2, 0) is 0 Å². The topological polar surface area (TPSA) is 77.1 Å². The lowest BCUT2D eigenvalue weighted by Crippen LogP contribution is -2.16. The van der Waals surface area contributed by atoms with Crippen molar-refractivity contribution in [3.63, 3.8) is 0 Å². The van der Waals surface area contributed by atoms with Crippen LogP contribution in [0.1, 0.15) is 19.8 Å². The fraction of sp³-hybridized carbons (Fsp3) is 0.462. The van der Waals surface area contributed by atoms with Crippen molar-refractivity contribution in [1.82, 2.24) is 0 Å². The van der Waals surface area contributed by atoms with Crippen molar-refractivity contribution < 1.29 is 14.7 Å². The van der Waals surface area contributed by atoms with Crippen LogP contribution in [0.3, 0.4) is 0 Å². The van der Waals surface area contributed by atoms with E-state index in [-0.39, 0.29) is 11.1 Å². The third-order valence-corrected chi connectivity index (χ3v) is 3.78. The van der Waals surface area contributed by atoms with Crippen LogP contribution in [0.25, 0.3) is 0 Å². The maximum Gasteiger partial charge on any atom is 0.162 e. The van der Waals surface area contributed by atoms with Crippen molar-refractivity contribution in [1.29, 1.82) is 0 Å². The van der Waals surface area contributed by atoms with Crippen LogP contribution in [0.2, 0.25) is 0 Å². The molecule has 3 N–H and O–H groups in total. The highest BCUT2D eigenvalue weighted by atomic mass is 32.2. The second-order valence-corrected chi connectivity index (χ2v) is 5.89. The summed E-state index contributed by atoms with van der Waals surface area (Å²) in [6.45, 7) is 3.41. The van der Waals surface area contributed by atoms with Crippen molar-refractivity contribution in [3.8, 4) is 11.5 Å². The Morgan fingerprint density at radius 1 is 1.42 bits per heavy atom. The Morgan fingerprint density at radius 2 is 2.16 bits per heavy atom. The van der Waals surface area contributed by atoms with Crippen molar-refractivity contribution in [2.24, 2.45) is 10.9 Å². The monoisotopic (exact) mass is 282 g/mol. The van der Waals surface area contributed by atoms with E-state index in [0.29, 0.717) is 19.6 Å². The highest BCUT2D eigenvalue weighted by molar-refractivity contribution is 8.00. The van der Waals surface area contributed by atoms with E-state index in [1.807, 2.05) is 25.1 Å². The Morgan fingerprint density at radius 3 is 2.89 bits per heavy atom. The highest BCUT2D eigenvalue weighted by Gasteiger charge is 2.13. The molecular formula is C13H18N2O3S. The molecule has 0 spiro atoms. The molecule has 0 fully saturated rings. The fourth-order valence-electron chi connectivity index (χ4n) is 1.83. The predicted octanol–water partition coefficient (Wildman–Crippen LogP) is 2.47. The van der Waals surface area contributed by atoms with Gasteiger partial charge in [-0.3, -0.25) is 0 Å². The third-order valence-electron chi connectivity index (χ3n) is 2.68. The quantitative estimate of drug-likeness (QED) is 0.292. The molecule has 0 aliphatic carbocycles. The molecule has 0 amide bonds. The van der Waals surface area contributed by atoms with Crippen LogP contribution in [0.4, 0.5) is 0 Å². The van der Waals surface area contributed by atoms with Crippen LogP contribution in [-0.4, -0.2) is 29.5 Å². The number of nitrogens with zero attached hydrogens (tertiary/aromatic N) is 1. The normalized spacial score (nSPS) is 16.8. The molecule has 0 saturated carbocycles. The van der Waals surface area contributed by atoms with E-state index in [1.54, 1.807) is 11.8 Å². The van der Waals surface area contributed by atoms with Crippen LogP contribution in [0.15, 0.2) is 28.3 Å². The molecule has 0 bridgehead atoms. The van der Waals surface area contributed by atoms with E-state index in [2.05, 4.69) is 5.16 Å². The summed E-state index contributed by atoms with van der Waals surface area (Å²) in [6, 6.07) is 5.91. The summed E-state index contributed by atoms with van der Waals surface area (Å²) in [7, 11) is 0. The van der Waals surface area contributed by atoms with Crippen LogP contribution in [0.5, 0.6) is 11.5 Å². The van der Waals surface area contributed by atoms with Crippen molar-refractivity contribution in [2.45, 2.75) is 29.9 Å². The summed E-state index contributed by atoms with van der Waals surface area (Å²) in [5.41, 5.74) is 5.50. The summed E-state index contributed by atoms with van der Waals surface area (Å²) < 4.78 is 11.2. The van der Waals surface area contributed by atoms with Gasteiger partial charge < -0.3 is 20.4 Å². The first-order valence-corrected chi connectivity index (χ1v) is 7.09. The van der Waals surface area contributed by atoms with E-state index in [4.69, 9.17) is 20.4 Å². The minimum Gasteiger partial charge on any atom is -0.490 e. The van der Waals surface area contributed by atoms with Gasteiger partial charge in [0.15, 0.2) is 11.5 Å². The summed E-state index contributed by atoms with van der Waals surface area (Å²) in [4.78, 5) is 1.09. The zero-order valence-electron chi connectivity index (χ0n) is 10.8. The molecule has 1 aromatic rings. The molecule has 1 aliphatic heterocycles. The van der Waals surface area contributed by atoms with Gasteiger partial charge in [-0.1, -0.05) is 12.1 Å². The van der Waals surface area contributed by atoms with Gasteiger partial charge >= 0.3 is 0 Å². The number of benzene rings is 1. The number of ether oxygens (including phenoxy) is 2. The standard InChI is InChI=1S/C13H18N2O3S/c1-9(7-13(14)15-16)19-10-3-4-11-12(8-10)18-6-2-5-17-11/h3-4,8-9,16H,2,5-7H2,1H3,(H2,14,15). The lowest BCUT2D eigenvalue weighted by Gasteiger charge is -2.12. The van der Waals surface area contributed by atoms with E-state index < -0.39 is 0 Å². The molecule has 104 valence electrons. The van der Waals surface area contributed by atoms with Gasteiger partial charge in [0.25, 0.3) is 0 Å². The second kappa shape index (κ2) is 6.56. The van der Waals surface area contributed by atoms with Crippen LogP contribution < -0.4 is 15.2 Å². The van der Waals surface area contributed by atoms with Gasteiger partial charge in [-0.25, -0.2) is 0 Å². The molecule has 2 rings (SSSR count). The van der Waals surface area contributed by atoms with Gasteiger partial charge in [0.2, 0.25) is 0 Å². The van der Waals surface area contributed by atoms with E-state index in [1.165, 1.54) is 0 Å². The number of hydrogen-bond acceptors (Lipinski definition) is 5. The third kappa shape index (κ3) is 3.96. The fourth-order valence-corrected chi connectivity index (χ4v) is 2.87. The Bertz CT molecular complexity index is 465. The molecule has 1 heterocycles. The number of thioether (sulfide) groups is 1. The SMILES string of the molecule is CC(C/C(N)=N/O)Sc1ccc2c(c1)OCCCO2. The van der Waals surface area contributed by atoms with Crippen molar-refractivity contribution in [2.75, 3.05) is 13.2 Å². The smallest absolute Gasteiger partial charge is 0.162 e. The highest BCUT2D eigenvalue weighted by Crippen LogP contribution is 2.35. The summed E-state index contributed by atoms with van der Waals surface area (Å²) in [5, 5.41) is 11.8. The average Bonchev–Trinajstić information content (AvgIpc) is 2.63. The minimum absolute atomic E-state index is 0.223. The first-order valence-electron chi connectivity index (χ1n) is 6.21. The van der Waals surface area contributed by atoms with Gasteiger partial charge in [0, 0.05) is 23.0 Å². The summed E-state index contributed by atoms with van der Waals surface area (Å²) in [6.07, 6.45) is 1.44. The molecule has 5 nitrogen and oxygen atoms in total. The van der Waals surface area contributed by atoms with Crippen LogP contribution >= 0.6 is 11.8 Å². The van der Waals surface area contributed by atoms with Gasteiger partial charge in [0.1, 0.15) is 5.84 Å².